The summed E-state index contributed by atoms with van der Waals surface area (Å²) in [5, 5.41) is 13.6. The number of para-hydroxylation sites is 2. The maximum Gasteiger partial charge on any atom is 0.410 e. The zero-order valence-corrected chi connectivity index (χ0v) is 19.4. The highest BCUT2D eigenvalue weighted by atomic mass is 16.6. The van der Waals surface area contributed by atoms with Crippen molar-refractivity contribution < 1.29 is 9.53 Å². The Morgan fingerprint density at radius 1 is 1.03 bits per heavy atom. The van der Waals surface area contributed by atoms with E-state index in [0.717, 1.165) is 59.7 Å². The predicted octanol–water partition coefficient (Wildman–Crippen LogP) is 4.10. The van der Waals surface area contributed by atoms with Crippen LogP contribution in [0.1, 0.15) is 29.7 Å². The van der Waals surface area contributed by atoms with Gasteiger partial charge in [0, 0.05) is 38.3 Å². The highest BCUT2D eigenvalue weighted by Crippen LogP contribution is 2.37. The Balaban J connectivity index is 0.00000267. The normalized spacial score (nSPS) is 15.3. The molecule has 0 radical (unpaired) electrons. The summed E-state index contributed by atoms with van der Waals surface area (Å²) < 4.78 is 7.77. The fourth-order valence-corrected chi connectivity index (χ4v) is 5.22. The van der Waals surface area contributed by atoms with Crippen LogP contribution in [-0.4, -0.2) is 53.1 Å². The van der Waals surface area contributed by atoms with Gasteiger partial charge in [0.25, 0.3) is 0 Å². The molecule has 1 amide bonds. The summed E-state index contributed by atoms with van der Waals surface area (Å²) >= 11 is 0. The highest BCUT2D eigenvalue weighted by molar-refractivity contribution is 5.87. The molecular formula is C28H30N6O2. The van der Waals surface area contributed by atoms with Crippen LogP contribution in [-0.2, 0) is 24.3 Å². The van der Waals surface area contributed by atoms with E-state index < -0.39 is 0 Å². The lowest BCUT2D eigenvalue weighted by atomic mass is 9.95. The third-order valence-corrected chi connectivity index (χ3v) is 6.90. The molecule has 2 aromatic heterocycles. The number of fused-ring (bicyclic) bond motifs is 4. The van der Waals surface area contributed by atoms with E-state index in [0.29, 0.717) is 30.7 Å². The standard InChI is InChI=1S/C27H26N6O2.CH4/c28-16-21-20-10-13-32(27(34)35-18-19-6-2-1-3-7-19)17-22(20)26(31-14-11-29-12-15-31)33-24-9-5-4-8-23(24)30-25(21)33;/h1-9,29H,10-15,17-18H2;1H4. The first-order valence-electron chi connectivity index (χ1n) is 12.0. The van der Waals surface area contributed by atoms with E-state index >= 15 is 0 Å². The number of carbonyl (C=O) groups excluding carboxylic acids is 1. The number of ether oxygens (including phenoxy) is 1. The van der Waals surface area contributed by atoms with Crippen LogP contribution in [0.25, 0.3) is 16.7 Å². The molecule has 36 heavy (non-hydrogen) atoms. The van der Waals surface area contributed by atoms with Gasteiger partial charge in [0.05, 0.1) is 23.1 Å². The molecule has 1 fully saturated rings. The Bertz CT molecular complexity index is 1450. The average Bonchev–Trinajstić information content (AvgIpc) is 3.30. The van der Waals surface area contributed by atoms with Gasteiger partial charge in [-0.15, -0.1) is 0 Å². The van der Waals surface area contributed by atoms with Crippen molar-refractivity contribution in [3.63, 3.8) is 0 Å². The first-order chi connectivity index (χ1) is 17.2. The lowest BCUT2D eigenvalue weighted by Crippen LogP contribution is -2.46. The predicted molar refractivity (Wildman–Crippen MR) is 140 cm³/mol. The largest absolute Gasteiger partial charge is 0.445 e. The van der Waals surface area contributed by atoms with E-state index in [-0.39, 0.29) is 20.1 Å². The van der Waals surface area contributed by atoms with Crippen LogP contribution < -0.4 is 10.2 Å². The summed E-state index contributed by atoms with van der Waals surface area (Å²) in [5.41, 5.74) is 6.10. The molecule has 8 heteroatoms. The van der Waals surface area contributed by atoms with E-state index in [4.69, 9.17) is 9.72 Å². The number of pyridine rings is 1. The summed E-state index contributed by atoms with van der Waals surface area (Å²) in [4.78, 5) is 22.0. The number of hydrogen-bond donors (Lipinski definition) is 1. The van der Waals surface area contributed by atoms with Crippen molar-refractivity contribution in [2.24, 2.45) is 0 Å². The van der Waals surface area contributed by atoms with Crippen molar-refractivity contribution in [1.82, 2.24) is 19.6 Å². The molecule has 2 aliphatic rings. The van der Waals surface area contributed by atoms with Crippen molar-refractivity contribution in [1.29, 1.82) is 5.26 Å². The highest BCUT2D eigenvalue weighted by Gasteiger charge is 2.32. The third kappa shape index (κ3) is 4.01. The van der Waals surface area contributed by atoms with Crippen molar-refractivity contribution in [2.75, 3.05) is 37.6 Å². The van der Waals surface area contributed by atoms with Gasteiger partial charge in [-0.25, -0.2) is 9.78 Å². The Morgan fingerprint density at radius 2 is 1.78 bits per heavy atom. The zero-order chi connectivity index (χ0) is 23.8. The number of rotatable bonds is 3. The summed E-state index contributed by atoms with van der Waals surface area (Å²) in [5.74, 6) is 1.03. The summed E-state index contributed by atoms with van der Waals surface area (Å²) in [7, 11) is 0. The van der Waals surface area contributed by atoms with E-state index in [1.165, 1.54) is 0 Å². The zero-order valence-electron chi connectivity index (χ0n) is 19.4. The van der Waals surface area contributed by atoms with Gasteiger partial charge < -0.3 is 19.9 Å². The van der Waals surface area contributed by atoms with E-state index in [1.807, 2.05) is 54.6 Å². The second-order valence-electron chi connectivity index (χ2n) is 8.98. The lowest BCUT2D eigenvalue weighted by Gasteiger charge is -2.36. The van der Waals surface area contributed by atoms with Gasteiger partial charge in [-0.05, 0) is 29.7 Å². The van der Waals surface area contributed by atoms with Crippen LogP contribution in [0.3, 0.4) is 0 Å². The van der Waals surface area contributed by atoms with Gasteiger partial charge in [-0.3, -0.25) is 4.40 Å². The summed E-state index contributed by atoms with van der Waals surface area (Å²) in [6.45, 7) is 4.60. The maximum atomic E-state index is 13.0. The monoisotopic (exact) mass is 482 g/mol. The van der Waals surface area contributed by atoms with Crippen LogP contribution in [0, 0.1) is 11.3 Å². The molecule has 6 rings (SSSR count). The molecule has 184 valence electrons. The average molecular weight is 483 g/mol. The second kappa shape index (κ2) is 9.88. The van der Waals surface area contributed by atoms with Gasteiger partial charge in [-0.1, -0.05) is 49.9 Å². The van der Waals surface area contributed by atoms with Crippen LogP contribution >= 0.6 is 0 Å². The SMILES string of the molecule is C.N#Cc1c2c(c(N3CCNCC3)n3c1nc1ccccc13)CN(C(=O)OCc1ccccc1)CC2. The third-order valence-electron chi connectivity index (χ3n) is 6.90. The minimum Gasteiger partial charge on any atom is -0.445 e. The van der Waals surface area contributed by atoms with Gasteiger partial charge in [-0.2, -0.15) is 5.26 Å². The minimum absolute atomic E-state index is 0. The molecule has 0 bridgehead atoms. The molecule has 1 N–H and O–H groups in total. The molecule has 0 aliphatic carbocycles. The lowest BCUT2D eigenvalue weighted by molar-refractivity contribution is 0.0918. The number of nitriles is 1. The quantitative estimate of drug-likeness (QED) is 0.473. The van der Waals surface area contributed by atoms with Crippen molar-refractivity contribution >= 4 is 28.6 Å². The van der Waals surface area contributed by atoms with Crippen molar-refractivity contribution in [3.8, 4) is 6.07 Å². The molecule has 1 saturated heterocycles. The molecule has 4 aromatic rings. The molecule has 8 nitrogen and oxygen atoms in total. The maximum absolute atomic E-state index is 13.0. The molecular weight excluding hydrogens is 452 g/mol. The number of anilines is 1. The first-order valence-corrected chi connectivity index (χ1v) is 12.0. The Morgan fingerprint density at radius 3 is 2.56 bits per heavy atom. The Kier molecular flexibility index (Phi) is 6.49. The minimum atomic E-state index is -0.333. The number of amides is 1. The number of nitrogens with zero attached hydrogens (tertiary/aromatic N) is 5. The number of carbonyl (C=O) groups is 1. The van der Waals surface area contributed by atoms with Crippen LogP contribution in [0.2, 0.25) is 0 Å². The number of aromatic nitrogens is 2. The molecule has 4 heterocycles. The second-order valence-corrected chi connectivity index (χ2v) is 8.98. The molecule has 0 atom stereocenters. The number of nitrogens with one attached hydrogen (secondary N) is 1. The molecule has 0 spiro atoms. The fraction of sp³-hybridized carbons (Fsp3) is 0.321. The van der Waals surface area contributed by atoms with Gasteiger partial charge in [0.2, 0.25) is 0 Å². The molecule has 0 saturated carbocycles. The number of benzene rings is 2. The van der Waals surface area contributed by atoms with Crippen LogP contribution in [0.15, 0.2) is 54.6 Å². The first kappa shape index (κ1) is 23.6. The van der Waals surface area contributed by atoms with Crippen LogP contribution in [0.5, 0.6) is 0 Å². The van der Waals surface area contributed by atoms with Gasteiger partial charge >= 0.3 is 6.09 Å². The Labute approximate surface area is 210 Å². The van der Waals surface area contributed by atoms with E-state index in [2.05, 4.69) is 20.7 Å². The number of piperazine rings is 1. The topological polar surface area (TPSA) is 85.9 Å². The summed E-state index contributed by atoms with van der Waals surface area (Å²) in [6, 6.07) is 20.1. The number of imidazole rings is 1. The van der Waals surface area contributed by atoms with E-state index in [1.54, 1.807) is 4.90 Å². The smallest absolute Gasteiger partial charge is 0.410 e. The number of hydrogen-bond acceptors (Lipinski definition) is 6. The molecule has 2 aliphatic heterocycles. The van der Waals surface area contributed by atoms with Crippen LogP contribution in [0.4, 0.5) is 10.6 Å². The van der Waals surface area contributed by atoms with Crippen molar-refractivity contribution in [3.05, 3.63) is 76.9 Å². The van der Waals surface area contributed by atoms with Crippen molar-refractivity contribution in [2.45, 2.75) is 27.0 Å². The van der Waals surface area contributed by atoms with E-state index in [9.17, 15) is 10.1 Å². The van der Waals surface area contributed by atoms with Gasteiger partial charge in [0.15, 0.2) is 5.65 Å². The molecule has 2 aromatic carbocycles. The Hall–Kier alpha value is -4.09. The summed E-state index contributed by atoms with van der Waals surface area (Å²) in [6.07, 6.45) is 0.261. The molecule has 0 unspecified atom stereocenters. The fourth-order valence-electron chi connectivity index (χ4n) is 5.22. The van der Waals surface area contributed by atoms with Gasteiger partial charge in [0.1, 0.15) is 18.5 Å².